The fourth-order valence-electron chi connectivity index (χ4n) is 1.88. The van der Waals surface area contributed by atoms with Gasteiger partial charge in [0, 0.05) is 0 Å². The molecule has 2 aromatic rings. The van der Waals surface area contributed by atoms with Crippen LogP contribution in [0, 0.1) is 6.92 Å². The van der Waals surface area contributed by atoms with Crippen molar-refractivity contribution in [3.63, 3.8) is 0 Å². The normalized spacial score (nSPS) is 10.0. The number of aromatic carboxylic acids is 1. The third-order valence-corrected chi connectivity index (χ3v) is 2.89. The number of rotatable bonds is 6. The Morgan fingerprint density at radius 3 is 2.43 bits per heavy atom. The van der Waals surface area contributed by atoms with E-state index in [0.717, 1.165) is 0 Å². The maximum Gasteiger partial charge on any atom is 0.339 e. The zero-order valence-corrected chi connectivity index (χ0v) is 11.8. The summed E-state index contributed by atoms with van der Waals surface area (Å²) in [6, 6.07) is 12.3. The molecule has 2 rings (SSSR count). The summed E-state index contributed by atoms with van der Waals surface area (Å²) in [4.78, 5) is 11.3. The molecule has 0 heterocycles. The third kappa shape index (κ3) is 3.66. The Morgan fingerprint density at radius 2 is 1.81 bits per heavy atom. The summed E-state index contributed by atoms with van der Waals surface area (Å²) in [6.07, 6.45) is 0. The molecule has 110 valence electrons. The van der Waals surface area contributed by atoms with Crippen molar-refractivity contribution >= 4 is 5.97 Å². The van der Waals surface area contributed by atoms with Crippen LogP contribution in [0.15, 0.2) is 42.5 Å². The first-order chi connectivity index (χ1) is 10.1. The number of methoxy groups -OCH3 is 1. The van der Waals surface area contributed by atoms with E-state index in [1.807, 2.05) is 18.2 Å². The van der Waals surface area contributed by atoms with E-state index in [-0.39, 0.29) is 18.1 Å². The van der Waals surface area contributed by atoms with Crippen LogP contribution in [0.4, 0.5) is 0 Å². The Labute approximate surface area is 122 Å². The lowest BCUT2D eigenvalue weighted by Gasteiger charge is -2.14. The molecule has 0 amide bonds. The minimum Gasteiger partial charge on any atom is -0.497 e. The first-order valence-corrected chi connectivity index (χ1v) is 6.34. The SMILES string of the molecule is COc1cc(C)c(OCOc2ccccc2)c(C(=O)O)c1. The van der Waals surface area contributed by atoms with E-state index in [9.17, 15) is 9.90 Å². The quantitative estimate of drug-likeness (QED) is 0.827. The highest BCUT2D eigenvalue weighted by atomic mass is 16.7. The molecule has 0 fully saturated rings. The Balaban J connectivity index is 2.13. The van der Waals surface area contributed by atoms with Crippen LogP contribution in [-0.2, 0) is 0 Å². The molecule has 1 N–H and O–H groups in total. The lowest BCUT2D eigenvalue weighted by atomic mass is 10.1. The van der Waals surface area contributed by atoms with Crippen LogP contribution in [0.3, 0.4) is 0 Å². The van der Waals surface area contributed by atoms with Crippen LogP contribution in [0.25, 0.3) is 0 Å². The molecule has 0 atom stereocenters. The van der Waals surface area contributed by atoms with Crippen molar-refractivity contribution in [3.05, 3.63) is 53.6 Å². The number of carbonyl (C=O) groups is 1. The number of carboxylic acid groups (broad SMARTS) is 1. The Hall–Kier alpha value is -2.69. The van der Waals surface area contributed by atoms with E-state index in [0.29, 0.717) is 17.1 Å². The van der Waals surface area contributed by atoms with Gasteiger partial charge in [0.25, 0.3) is 0 Å². The molecule has 0 unspecified atom stereocenters. The van der Waals surface area contributed by atoms with Crippen LogP contribution < -0.4 is 14.2 Å². The number of aryl methyl sites for hydroxylation is 1. The monoisotopic (exact) mass is 288 g/mol. The molecule has 0 radical (unpaired) electrons. The van der Waals surface area contributed by atoms with Crippen LogP contribution in [-0.4, -0.2) is 25.0 Å². The minimum absolute atomic E-state index is 0.0449. The Kier molecular flexibility index (Phi) is 4.66. The molecule has 5 nitrogen and oxygen atoms in total. The van der Waals surface area contributed by atoms with Gasteiger partial charge in [-0.25, -0.2) is 4.79 Å². The lowest BCUT2D eigenvalue weighted by Crippen LogP contribution is -2.10. The van der Waals surface area contributed by atoms with Gasteiger partial charge < -0.3 is 19.3 Å². The van der Waals surface area contributed by atoms with Gasteiger partial charge in [0.05, 0.1) is 7.11 Å². The Bertz CT molecular complexity index is 622. The number of hydrogen-bond donors (Lipinski definition) is 1. The van der Waals surface area contributed by atoms with Crippen LogP contribution in [0.5, 0.6) is 17.2 Å². The lowest BCUT2D eigenvalue weighted by molar-refractivity contribution is 0.0681. The molecule has 0 aliphatic rings. The van der Waals surface area contributed by atoms with E-state index in [1.54, 1.807) is 25.1 Å². The van der Waals surface area contributed by atoms with E-state index >= 15 is 0 Å². The first-order valence-electron chi connectivity index (χ1n) is 6.34. The summed E-state index contributed by atoms with van der Waals surface area (Å²) in [6.45, 7) is 1.68. The Morgan fingerprint density at radius 1 is 1.10 bits per heavy atom. The summed E-state index contributed by atoms with van der Waals surface area (Å²) < 4.78 is 15.9. The highest BCUT2D eigenvalue weighted by molar-refractivity contribution is 5.92. The molecule has 0 saturated carbocycles. The molecule has 0 bridgehead atoms. The van der Waals surface area contributed by atoms with Crippen LogP contribution >= 0.6 is 0 Å². The number of benzene rings is 2. The first kappa shape index (κ1) is 14.7. The maximum absolute atomic E-state index is 11.3. The van der Waals surface area contributed by atoms with E-state index in [1.165, 1.54) is 13.2 Å². The fourth-order valence-corrected chi connectivity index (χ4v) is 1.88. The third-order valence-electron chi connectivity index (χ3n) is 2.89. The standard InChI is InChI=1S/C16H16O5/c1-11-8-13(19-2)9-14(16(17)18)15(11)21-10-20-12-6-4-3-5-7-12/h3-9H,10H2,1-2H3,(H,17,18). The van der Waals surface area contributed by atoms with E-state index < -0.39 is 5.97 Å². The summed E-state index contributed by atoms with van der Waals surface area (Å²) in [5, 5.41) is 9.25. The highest BCUT2D eigenvalue weighted by Gasteiger charge is 2.16. The van der Waals surface area contributed by atoms with Crippen LogP contribution in [0.1, 0.15) is 15.9 Å². The maximum atomic E-state index is 11.3. The molecule has 0 aliphatic carbocycles. The van der Waals surface area contributed by atoms with Crippen molar-refractivity contribution in [2.45, 2.75) is 6.92 Å². The molecule has 2 aromatic carbocycles. The van der Waals surface area contributed by atoms with Gasteiger partial charge in [-0.2, -0.15) is 0 Å². The second-order valence-corrected chi connectivity index (χ2v) is 4.35. The zero-order valence-electron chi connectivity index (χ0n) is 11.8. The largest absolute Gasteiger partial charge is 0.497 e. The topological polar surface area (TPSA) is 65.0 Å². The van der Waals surface area contributed by atoms with Gasteiger partial charge in [0.1, 0.15) is 22.8 Å². The summed E-state index contributed by atoms with van der Waals surface area (Å²) in [5.74, 6) is 0.327. The average molecular weight is 288 g/mol. The van der Waals surface area contributed by atoms with Crippen molar-refractivity contribution in [3.8, 4) is 17.2 Å². The highest BCUT2D eigenvalue weighted by Crippen LogP contribution is 2.29. The number of carboxylic acids is 1. The van der Waals surface area contributed by atoms with Gasteiger partial charge in [-0.1, -0.05) is 18.2 Å². The second-order valence-electron chi connectivity index (χ2n) is 4.35. The molecular formula is C16H16O5. The van der Waals surface area contributed by atoms with Crippen LogP contribution in [0.2, 0.25) is 0 Å². The number of ether oxygens (including phenoxy) is 3. The number of para-hydroxylation sites is 1. The van der Waals surface area contributed by atoms with Crippen molar-refractivity contribution in [2.24, 2.45) is 0 Å². The molecule has 21 heavy (non-hydrogen) atoms. The van der Waals surface area contributed by atoms with Gasteiger partial charge in [-0.3, -0.25) is 0 Å². The predicted octanol–water partition coefficient (Wildman–Crippen LogP) is 3.12. The predicted molar refractivity (Wildman–Crippen MR) is 77.3 cm³/mol. The van der Waals surface area contributed by atoms with E-state index in [4.69, 9.17) is 14.2 Å². The molecule has 0 spiro atoms. The summed E-state index contributed by atoms with van der Waals surface area (Å²) >= 11 is 0. The summed E-state index contributed by atoms with van der Waals surface area (Å²) in [7, 11) is 1.49. The van der Waals surface area contributed by atoms with Gasteiger partial charge in [0.15, 0.2) is 0 Å². The second kappa shape index (κ2) is 6.65. The molecule has 0 aliphatic heterocycles. The molecule has 5 heteroatoms. The van der Waals surface area contributed by atoms with Gasteiger partial charge in [-0.15, -0.1) is 0 Å². The molecule has 0 saturated heterocycles. The van der Waals surface area contributed by atoms with Gasteiger partial charge in [0.2, 0.25) is 6.79 Å². The number of hydrogen-bond acceptors (Lipinski definition) is 4. The van der Waals surface area contributed by atoms with Crippen molar-refractivity contribution in [1.29, 1.82) is 0 Å². The molecular weight excluding hydrogens is 272 g/mol. The molecule has 0 aromatic heterocycles. The van der Waals surface area contributed by atoms with Gasteiger partial charge >= 0.3 is 5.97 Å². The smallest absolute Gasteiger partial charge is 0.339 e. The average Bonchev–Trinajstić information content (AvgIpc) is 2.49. The zero-order chi connectivity index (χ0) is 15.2. The van der Waals surface area contributed by atoms with Crippen molar-refractivity contribution in [1.82, 2.24) is 0 Å². The van der Waals surface area contributed by atoms with E-state index in [2.05, 4.69) is 0 Å². The summed E-state index contributed by atoms with van der Waals surface area (Å²) in [5.41, 5.74) is 0.715. The van der Waals surface area contributed by atoms with Crippen molar-refractivity contribution < 1.29 is 24.1 Å². The van der Waals surface area contributed by atoms with Crippen molar-refractivity contribution in [2.75, 3.05) is 13.9 Å². The fraction of sp³-hybridized carbons (Fsp3) is 0.188. The minimum atomic E-state index is -1.08. The van der Waals surface area contributed by atoms with Gasteiger partial charge in [-0.05, 0) is 36.8 Å².